The number of ether oxygens (including phenoxy) is 1. The number of hydrogen-bond acceptors (Lipinski definition) is 2. The molecule has 2 nitrogen and oxygen atoms in total. The maximum atomic E-state index is 5.56. The second-order valence-electron chi connectivity index (χ2n) is 3.76. The van der Waals surface area contributed by atoms with E-state index in [0.29, 0.717) is 10.9 Å². The van der Waals surface area contributed by atoms with Gasteiger partial charge in [-0.15, -0.1) is 0 Å². The molecule has 1 rings (SSSR count). The van der Waals surface area contributed by atoms with Gasteiger partial charge in [-0.05, 0) is 24.5 Å². The highest BCUT2D eigenvalue weighted by Crippen LogP contribution is 2.31. The van der Waals surface area contributed by atoms with Gasteiger partial charge >= 0.3 is 0 Å². The van der Waals surface area contributed by atoms with Gasteiger partial charge in [-0.2, -0.15) is 0 Å². The molecule has 0 aliphatic heterocycles. The Bertz CT molecular complexity index is 363. The van der Waals surface area contributed by atoms with Crippen LogP contribution < -0.4 is 10.5 Å². The first-order chi connectivity index (χ1) is 7.06. The lowest BCUT2D eigenvalue weighted by Gasteiger charge is -2.17. The summed E-state index contributed by atoms with van der Waals surface area (Å²) in [5, 5.41) is 0. The quantitative estimate of drug-likeness (QED) is 0.797. The molecule has 0 aliphatic carbocycles. The monoisotopic (exact) mass is 223 g/mol. The van der Waals surface area contributed by atoms with E-state index < -0.39 is 0 Å². The van der Waals surface area contributed by atoms with Crippen molar-refractivity contribution in [1.82, 2.24) is 0 Å². The Kier molecular flexibility index (Phi) is 4.09. The van der Waals surface area contributed by atoms with E-state index in [1.54, 1.807) is 7.11 Å². The number of nitrogens with two attached hydrogens (primary N) is 1. The van der Waals surface area contributed by atoms with Crippen LogP contribution in [0.4, 0.5) is 0 Å². The molecule has 82 valence electrons. The molecule has 0 radical (unpaired) electrons. The normalized spacial score (nSPS) is 12.2. The number of rotatable bonds is 4. The third kappa shape index (κ3) is 2.93. The predicted molar refractivity (Wildman–Crippen MR) is 67.5 cm³/mol. The Morgan fingerprint density at radius 3 is 2.73 bits per heavy atom. The highest BCUT2D eigenvalue weighted by Gasteiger charge is 2.14. The zero-order chi connectivity index (χ0) is 11.4. The second kappa shape index (κ2) is 5.12. The fourth-order valence-corrected chi connectivity index (χ4v) is 2.12. The zero-order valence-electron chi connectivity index (χ0n) is 9.41. The Labute approximate surface area is 96.4 Å². The molecule has 0 aliphatic rings. The molecule has 0 bridgehead atoms. The van der Waals surface area contributed by atoms with Gasteiger partial charge in [0.15, 0.2) is 0 Å². The lowest BCUT2D eigenvalue weighted by Crippen LogP contribution is -2.12. The van der Waals surface area contributed by atoms with Crippen LogP contribution in [0.15, 0.2) is 18.2 Å². The van der Waals surface area contributed by atoms with E-state index in [2.05, 4.69) is 19.9 Å². The molecule has 0 amide bonds. The van der Waals surface area contributed by atoms with Crippen LogP contribution in [0.2, 0.25) is 0 Å². The average molecular weight is 223 g/mol. The topological polar surface area (TPSA) is 35.2 Å². The summed E-state index contributed by atoms with van der Waals surface area (Å²) in [5.41, 5.74) is 7.99. The molecule has 2 N–H and O–H groups in total. The van der Waals surface area contributed by atoms with Crippen molar-refractivity contribution in [3.8, 4) is 5.75 Å². The van der Waals surface area contributed by atoms with Gasteiger partial charge in [-0.3, -0.25) is 0 Å². The molecule has 0 heterocycles. The maximum absolute atomic E-state index is 5.56. The molecule has 1 atom stereocenters. The second-order valence-corrected chi connectivity index (χ2v) is 4.29. The van der Waals surface area contributed by atoms with E-state index in [9.17, 15) is 0 Å². The van der Waals surface area contributed by atoms with Crippen molar-refractivity contribution in [1.29, 1.82) is 0 Å². The van der Waals surface area contributed by atoms with Gasteiger partial charge < -0.3 is 10.5 Å². The third-order valence-electron chi connectivity index (χ3n) is 2.50. The summed E-state index contributed by atoms with van der Waals surface area (Å²) in [6.07, 6.45) is 0.719. The molecule has 0 fully saturated rings. The summed E-state index contributed by atoms with van der Waals surface area (Å²) in [6, 6.07) is 6.04. The van der Waals surface area contributed by atoms with Crippen molar-refractivity contribution in [3.63, 3.8) is 0 Å². The maximum Gasteiger partial charge on any atom is 0.122 e. The predicted octanol–water partition coefficient (Wildman–Crippen LogP) is 2.78. The molecule has 0 saturated heterocycles. The molecular formula is C12H17NOS. The first-order valence-corrected chi connectivity index (χ1v) is 5.39. The number of methoxy groups -OCH3 is 1. The Morgan fingerprint density at radius 2 is 2.20 bits per heavy atom. The lowest BCUT2D eigenvalue weighted by molar-refractivity contribution is 0.406. The van der Waals surface area contributed by atoms with Crippen molar-refractivity contribution < 1.29 is 4.74 Å². The van der Waals surface area contributed by atoms with Gasteiger partial charge in [0.1, 0.15) is 5.75 Å². The molecular weight excluding hydrogens is 206 g/mol. The molecule has 1 aromatic carbocycles. The van der Waals surface area contributed by atoms with Crippen molar-refractivity contribution in [2.45, 2.75) is 26.2 Å². The van der Waals surface area contributed by atoms with Crippen molar-refractivity contribution in [2.75, 3.05) is 7.11 Å². The van der Waals surface area contributed by atoms with Crippen molar-refractivity contribution in [3.05, 3.63) is 29.3 Å². The summed E-state index contributed by atoms with van der Waals surface area (Å²) in [5.74, 6) is 1.22. The van der Waals surface area contributed by atoms with Gasteiger partial charge in [-0.1, -0.05) is 31.3 Å². The van der Waals surface area contributed by atoms with E-state index in [-0.39, 0.29) is 0 Å². The van der Waals surface area contributed by atoms with E-state index in [4.69, 9.17) is 22.7 Å². The van der Waals surface area contributed by atoms with Crippen LogP contribution in [-0.2, 0) is 0 Å². The van der Waals surface area contributed by atoms with Crippen molar-refractivity contribution in [2.24, 2.45) is 5.73 Å². The van der Waals surface area contributed by atoms with Crippen LogP contribution in [0.25, 0.3) is 0 Å². The minimum atomic E-state index is 0.304. The average Bonchev–Trinajstić information content (AvgIpc) is 2.15. The molecule has 1 unspecified atom stereocenters. The van der Waals surface area contributed by atoms with Crippen LogP contribution in [-0.4, -0.2) is 12.1 Å². The number of hydrogen-bond donors (Lipinski definition) is 1. The lowest BCUT2D eigenvalue weighted by atomic mass is 9.93. The Balaban J connectivity index is 3.05. The summed E-state index contributed by atoms with van der Waals surface area (Å²) >= 11 is 4.93. The van der Waals surface area contributed by atoms with Crippen LogP contribution in [0.1, 0.15) is 30.4 Å². The van der Waals surface area contributed by atoms with Crippen LogP contribution >= 0.6 is 12.2 Å². The van der Waals surface area contributed by atoms with Crippen molar-refractivity contribution >= 4 is 17.2 Å². The van der Waals surface area contributed by atoms with E-state index in [1.165, 1.54) is 11.1 Å². The third-order valence-corrected chi connectivity index (χ3v) is 2.67. The molecule has 0 aromatic heterocycles. The summed E-state index contributed by atoms with van der Waals surface area (Å²) in [4.78, 5) is 0.549. The SMILES string of the molecule is COc1cccc(C)c1C(C)CC(N)=S. The fourth-order valence-electron chi connectivity index (χ4n) is 1.87. The van der Waals surface area contributed by atoms with Gasteiger partial charge in [0.2, 0.25) is 0 Å². The first kappa shape index (κ1) is 12.0. The zero-order valence-corrected chi connectivity index (χ0v) is 10.2. The van der Waals surface area contributed by atoms with E-state index >= 15 is 0 Å². The van der Waals surface area contributed by atoms with Gasteiger partial charge in [0.25, 0.3) is 0 Å². The van der Waals surface area contributed by atoms with Crippen LogP contribution in [0, 0.1) is 6.92 Å². The van der Waals surface area contributed by atoms with Gasteiger partial charge in [0, 0.05) is 12.0 Å². The summed E-state index contributed by atoms with van der Waals surface area (Å²) in [7, 11) is 1.69. The largest absolute Gasteiger partial charge is 0.496 e. The van der Waals surface area contributed by atoms with E-state index in [1.807, 2.05) is 12.1 Å². The Morgan fingerprint density at radius 1 is 1.53 bits per heavy atom. The molecule has 0 saturated carbocycles. The molecule has 3 heteroatoms. The number of aryl methyl sites for hydroxylation is 1. The number of benzene rings is 1. The summed E-state index contributed by atoms with van der Waals surface area (Å²) < 4.78 is 5.34. The van der Waals surface area contributed by atoms with Crippen LogP contribution in [0.5, 0.6) is 5.75 Å². The summed E-state index contributed by atoms with van der Waals surface area (Å²) in [6.45, 7) is 4.19. The molecule has 0 spiro atoms. The standard InChI is InChI=1S/C12H17NOS/c1-8-5-4-6-10(14-3)12(8)9(2)7-11(13)15/h4-6,9H,7H2,1-3H3,(H2,13,15). The van der Waals surface area contributed by atoms with E-state index in [0.717, 1.165) is 12.2 Å². The first-order valence-electron chi connectivity index (χ1n) is 4.98. The fraction of sp³-hybridized carbons (Fsp3) is 0.417. The Hall–Kier alpha value is -1.09. The highest BCUT2D eigenvalue weighted by atomic mass is 32.1. The number of thiocarbonyl (C=S) groups is 1. The highest BCUT2D eigenvalue weighted by molar-refractivity contribution is 7.80. The van der Waals surface area contributed by atoms with Gasteiger partial charge in [0.05, 0.1) is 12.1 Å². The molecule has 1 aromatic rings. The molecule has 15 heavy (non-hydrogen) atoms. The minimum absolute atomic E-state index is 0.304. The smallest absolute Gasteiger partial charge is 0.122 e. The van der Waals surface area contributed by atoms with Gasteiger partial charge in [-0.25, -0.2) is 0 Å². The van der Waals surface area contributed by atoms with Crippen LogP contribution in [0.3, 0.4) is 0 Å². The minimum Gasteiger partial charge on any atom is -0.496 e.